The third kappa shape index (κ3) is 3.28. The Labute approximate surface area is 124 Å². The number of nitrogens with one attached hydrogen (secondary N) is 1. The van der Waals surface area contributed by atoms with Crippen LogP contribution in [0.3, 0.4) is 0 Å². The zero-order chi connectivity index (χ0) is 15.2. The summed E-state index contributed by atoms with van der Waals surface area (Å²) in [5.41, 5.74) is 1.86. The summed E-state index contributed by atoms with van der Waals surface area (Å²) >= 11 is 0. The fourth-order valence-corrected chi connectivity index (χ4v) is 2.04. The molecule has 0 heterocycles. The van der Waals surface area contributed by atoms with Crippen LogP contribution in [0.25, 0.3) is 0 Å². The SMILES string of the molecule is CCOC(=O)c1ccccc1C(=N)N(C)c1ccccc1. The largest absolute Gasteiger partial charge is 0.462 e. The molecule has 0 radical (unpaired) electrons. The zero-order valence-corrected chi connectivity index (χ0v) is 12.2. The Balaban J connectivity index is 2.33. The molecule has 0 atom stereocenters. The Morgan fingerprint density at radius 1 is 1.05 bits per heavy atom. The average Bonchev–Trinajstić information content (AvgIpc) is 2.54. The van der Waals surface area contributed by atoms with Gasteiger partial charge in [-0.3, -0.25) is 5.41 Å². The van der Waals surface area contributed by atoms with Crippen LogP contribution in [-0.4, -0.2) is 25.5 Å². The van der Waals surface area contributed by atoms with Gasteiger partial charge in [0, 0.05) is 18.3 Å². The van der Waals surface area contributed by atoms with Crippen LogP contribution in [0.1, 0.15) is 22.8 Å². The molecule has 0 saturated heterocycles. The maximum Gasteiger partial charge on any atom is 0.338 e. The summed E-state index contributed by atoms with van der Waals surface area (Å²) in [6.07, 6.45) is 0. The first-order valence-electron chi connectivity index (χ1n) is 6.79. The predicted molar refractivity (Wildman–Crippen MR) is 84.1 cm³/mol. The maximum absolute atomic E-state index is 12.0. The van der Waals surface area contributed by atoms with Gasteiger partial charge < -0.3 is 9.64 Å². The highest BCUT2D eigenvalue weighted by atomic mass is 16.5. The molecule has 21 heavy (non-hydrogen) atoms. The predicted octanol–water partition coefficient (Wildman–Crippen LogP) is 3.33. The van der Waals surface area contributed by atoms with Gasteiger partial charge in [0.05, 0.1) is 12.2 Å². The Kier molecular flexibility index (Phi) is 4.72. The summed E-state index contributed by atoms with van der Waals surface area (Å²) in [6.45, 7) is 2.08. The molecule has 2 aromatic carbocycles. The second-order valence-electron chi connectivity index (χ2n) is 4.51. The Hall–Kier alpha value is -2.62. The Morgan fingerprint density at radius 3 is 2.24 bits per heavy atom. The number of carbonyl (C=O) groups is 1. The van der Waals surface area contributed by atoms with E-state index >= 15 is 0 Å². The lowest BCUT2D eigenvalue weighted by atomic mass is 10.1. The van der Waals surface area contributed by atoms with Crippen molar-refractivity contribution in [2.45, 2.75) is 6.92 Å². The van der Waals surface area contributed by atoms with Gasteiger partial charge in [0.2, 0.25) is 0 Å². The first-order valence-corrected chi connectivity index (χ1v) is 6.79. The molecule has 0 unspecified atom stereocenters. The number of rotatable bonds is 4. The molecule has 2 aromatic rings. The second-order valence-corrected chi connectivity index (χ2v) is 4.51. The maximum atomic E-state index is 12.0. The van der Waals surface area contributed by atoms with Gasteiger partial charge in [0.15, 0.2) is 0 Å². The molecule has 4 nitrogen and oxygen atoms in total. The van der Waals surface area contributed by atoms with Crippen molar-refractivity contribution in [3.8, 4) is 0 Å². The zero-order valence-electron chi connectivity index (χ0n) is 12.2. The lowest BCUT2D eigenvalue weighted by Gasteiger charge is -2.21. The number of ether oxygens (including phenoxy) is 1. The van der Waals surface area contributed by atoms with E-state index in [0.717, 1.165) is 5.69 Å². The molecule has 0 aliphatic heterocycles. The number of benzene rings is 2. The second kappa shape index (κ2) is 6.70. The topological polar surface area (TPSA) is 53.4 Å². The number of amidine groups is 1. The molecule has 4 heteroatoms. The normalized spacial score (nSPS) is 10.0. The first-order chi connectivity index (χ1) is 10.1. The third-order valence-corrected chi connectivity index (χ3v) is 3.16. The summed E-state index contributed by atoms with van der Waals surface area (Å²) in [6, 6.07) is 16.6. The van der Waals surface area contributed by atoms with E-state index in [2.05, 4.69) is 0 Å². The molecule has 0 spiro atoms. The molecule has 2 rings (SSSR count). The van der Waals surface area contributed by atoms with E-state index in [1.54, 1.807) is 37.1 Å². The summed E-state index contributed by atoms with van der Waals surface area (Å²) < 4.78 is 5.05. The van der Waals surface area contributed by atoms with Crippen LogP contribution in [0.5, 0.6) is 0 Å². The Morgan fingerprint density at radius 2 is 1.62 bits per heavy atom. The van der Waals surface area contributed by atoms with E-state index in [1.165, 1.54) is 0 Å². The van der Waals surface area contributed by atoms with Crippen molar-refractivity contribution >= 4 is 17.5 Å². The summed E-state index contributed by atoms with van der Waals surface area (Å²) in [7, 11) is 1.81. The van der Waals surface area contributed by atoms with Crippen molar-refractivity contribution in [2.24, 2.45) is 0 Å². The van der Waals surface area contributed by atoms with Crippen molar-refractivity contribution < 1.29 is 9.53 Å². The number of esters is 1. The molecule has 1 N–H and O–H groups in total. The molecule has 0 fully saturated rings. The quantitative estimate of drug-likeness (QED) is 0.531. The van der Waals surface area contributed by atoms with E-state index in [-0.39, 0.29) is 5.84 Å². The molecule has 0 aliphatic rings. The minimum atomic E-state index is -0.403. The standard InChI is InChI=1S/C17H18N2O2/c1-3-21-17(20)15-12-8-7-11-14(15)16(18)19(2)13-9-5-4-6-10-13/h4-12,18H,3H2,1-2H3. The molecular formula is C17H18N2O2. The van der Waals surface area contributed by atoms with E-state index in [4.69, 9.17) is 10.1 Å². The molecule has 0 amide bonds. The number of hydrogen-bond donors (Lipinski definition) is 1. The van der Waals surface area contributed by atoms with Crippen molar-refractivity contribution in [1.82, 2.24) is 0 Å². The fraction of sp³-hybridized carbons (Fsp3) is 0.176. The lowest BCUT2D eigenvalue weighted by Crippen LogP contribution is -2.28. The molecule has 0 aliphatic carbocycles. The van der Waals surface area contributed by atoms with Gasteiger partial charge in [-0.2, -0.15) is 0 Å². The van der Waals surface area contributed by atoms with Crippen molar-refractivity contribution in [2.75, 3.05) is 18.6 Å². The summed E-state index contributed by atoms with van der Waals surface area (Å²) in [4.78, 5) is 13.7. The van der Waals surface area contributed by atoms with Gasteiger partial charge in [-0.25, -0.2) is 4.79 Å². The molecule has 0 aromatic heterocycles. The number of carbonyl (C=O) groups excluding carboxylic acids is 1. The molecule has 0 bridgehead atoms. The van der Waals surface area contributed by atoms with E-state index < -0.39 is 5.97 Å². The first kappa shape index (κ1) is 14.8. The van der Waals surface area contributed by atoms with E-state index in [0.29, 0.717) is 17.7 Å². The minimum Gasteiger partial charge on any atom is -0.462 e. The fourth-order valence-electron chi connectivity index (χ4n) is 2.04. The smallest absolute Gasteiger partial charge is 0.338 e. The van der Waals surface area contributed by atoms with Gasteiger partial charge in [-0.1, -0.05) is 36.4 Å². The van der Waals surface area contributed by atoms with E-state index in [9.17, 15) is 4.79 Å². The minimum absolute atomic E-state index is 0.254. The summed E-state index contributed by atoms with van der Waals surface area (Å²) in [5.74, 6) is -0.149. The van der Waals surface area contributed by atoms with Gasteiger partial charge >= 0.3 is 5.97 Å². The number of hydrogen-bond acceptors (Lipinski definition) is 3. The Bertz CT molecular complexity index is 638. The van der Waals surface area contributed by atoms with Crippen molar-refractivity contribution in [3.63, 3.8) is 0 Å². The van der Waals surface area contributed by atoms with Crippen LogP contribution < -0.4 is 4.90 Å². The monoisotopic (exact) mass is 282 g/mol. The van der Waals surface area contributed by atoms with Crippen LogP contribution in [-0.2, 0) is 4.74 Å². The van der Waals surface area contributed by atoms with Gasteiger partial charge in [0.25, 0.3) is 0 Å². The van der Waals surface area contributed by atoms with Crippen molar-refractivity contribution in [3.05, 3.63) is 65.7 Å². The summed E-state index contributed by atoms with van der Waals surface area (Å²) in [5, 5.41) is 8.36. The van der Waals surface area contributed by atoms with Crippen LogP contribution in [0.15, 0.2) is 54.6 Å². The van der Waals surface area contributed by atoms with Gasteiger partial charge in [-0.15, -0.1) is 0 Å². The van der Waals surface area contributed by atoms with Gasteiger partial charge in [-0.05, 0) is 25.1 Å². The van der Waals surface area contributed by atoms with Crippen LogP contribution >= 0.6 is 0 Å². The lowest BCUT2D eigenvalue weighted by molar-refractivity contribution is 0.0526. The third-order valence-electron chi connectivity index (χ3n) is 3.16. The molecule has 108 valence electrons. The number of anilines is 1. The van der Waals surface area contributed by atoms with Crippen LogP contribution in [0.2, 0.25) is 0 Å². The average molecular weight is 282 g/mol. The molecular weight excluding hydrogens is 264 g/mol. The number of nitrogens with zero attached hydrogens (tertiary/aromatic N) is 1. The van der Waals surface area contributed by atoms with Crippen molar-refractivity contribution in [1.29, 1.82) is 5.41 Å². The number of para-hydroxylation sites is 1. The highest BCUT2D eigenvalue weighted by Gasteiger charge is 2.18. The van der Waals surface area contributed by atoms with Crippen LogP contribution in [0.4, 0.5) is 5.69 Å². The van der Waals surface area contributed by atoms with Gasteiger partial charge in [0.1, 0.15) is 5.84 Å². The highest BCUT2D eigenvalue weighted by Crippen LogP contribution is 2.18. The van der Waals surface area contributed by atoms with E-state index in [1.807, 2.05) is 36.4 Å². The van der Waals surface area contributed by atoms with Crippen LogP contribution in [0, 0.1) is 5.41 Å². The highest BCUT2D eigenvalue weighted by molar-refractivity contribution is 6.13. The molecule has 0 saturated carbocycles.